The van der Waals surface area contributed by atoms with E-state index < -0.39 is 38.5 Å². The summed E-state index contributed by atoms with van der Waals surface area (Å²) in [6.45, 7) is 0.692. The molecule has 0 spiro atoms. The molecule has 6 N–H and O–H groups in total. The molecule has 1 aliphatic heterocycles. The number of methoxy groups -OCH3 is 1. The van der Waals surface area contributed by atoms with Crippen molar-refractivity contribution in [3.63, 3.8) is 0 Å². The third kappa shape index (κ3) is 4.64. The van der Waals surface area contributed by atoms with Crippen LogP contribution < -0.4 is 10.5 Å². The van der Waals surface area contributed by atoms with E-state index in [4.69, 9.17) is 25.0 Å². The molecule has 1 aromatic carbocycles. The van der Waals surface area contributed by atoms with Gasteiger partial charge in [-0.15, -0.1) is 0 Å². The number of hydrogen-bond donors (Lipinski definition) is 5. The fraction of sp³-hybridized carbons (Fsp3) is 0.333. The summed E-state index contributed by atoms with van der Waals surface area (Å²) in [7, 11) is -3.24. The Morgan fingerprint density at radius 3 is 2.62 bits per heavy atom. The number of phosphoric acid groups is 1. The molecule has 1 fully saturated rings. The quantitative estimate of drug-likeness (QED) is 0.249. The Labute approximate surface area is 194 Å². The van der Waals surface area contributed by atoms with E-state index in [0.29, 0.717) is 27.9 Å². The highest BCUT2D eigenvalue weighted by atomic mass is 31.2. The lowest BCUT2D eigenvalue weighted by Gasteiger charge is -2.27. The summed E-state index contributed by atoms with van der Waals surface area (Å²) in [6, 6.07) is 7.13. The molecule has 0 amide bonds. The van der Waals surface area contributed by atoms with Gasteiger partial charge >= 0.3 is 7.82 Å². The molecule has 4 unspecified atom stereocenters. The number of fused-ring (bicyclic) bond motifs is 1. The number of aromatic nitrogens is 3. The van der Waals surface area contributed by atoms with Gasteiger partial charge in [-0.3, -0.25) is 4.52 Å². The van der Waals surface area contributed by atoms with E-state index >= 15 is 0 Å². The average Bonchev–Trinajstić information content (AvgIpc) is 3.26. The maximum Gasteiger partial charge on any atom is 0.469 e. The Morgan fingerprint density at radius 1 is 1.26 bits per heavy atom. The number of aliphatic hydroxyl groups is 2. The first kappa shape index (κ1) is 24.1. The predicted octanol–water partition coefficient (Wildman–Crippen LogP) is 0.540. The third-order valence-electron chi connectivity index (χ3n) is 5.48. The van der Waals surface area contributed by atoms with Crippen LogP contribution in [-0.4, -0.2) is 66.1 Å². The van der Waals surface area contributed by atoms with Crippen LogP contribution in [0.25, 0.3) is 11.0 Å². The molecular weight excluding hydrogens is 467 g/mol. The van der Waals surface area contributed by atoms with Crippen LogP contribution in [0.1, 0.15) is 24.3 Å². The summed E-state index contributed by atoms with van der Waals surface area (Å²) in [5.74, 6) is 6.89. The maximum atomic E-state index is 11.1. The van der Waals surface area contributed by atoms with Crippen molar-refractivity contribution in [3.8, 4) is 17.6 Å². The molecule has 2 aromatic heterocycles. The molecule has 180 valence electrons. The molecule has 0 bridgehead atoms. The minimum Gasteiger partial charge on any atom is -0.497 e. The van der Waals surface area contributed by atoms with Crippen molar-refractivity contribution in [2.24, 2.45) is 0 Å². The Bertz CT molecular complexity index is 1310. The monoisotopic (exact) mass is 490 g/mol. The van der Waals surface area contributed by atoms with Crippen molar-refractivity contribution in [1.82, 2.24) is 14.5 Å². The number of ether oxygens (including phenoxy) is 2. The molecule has 3 aromatic rings. The van der Waals surface area contributed by atoms with E-state index in [9.17, 15) is 14.8 Å². The summed E-state index contributed by atoms with van der Waals surface area (Å²) >= 11 is 0. The smallest absolute Gasteiger partial charge is 0.469 e. The number of rotatable bonds is 5. The highest BCUT2D eigenvalue weighted by Crippen LogP contribution is 2.43. The molecule has 1 aliphatic rings. The average molecular weight is 490 g/mol. The third-order valence-corrected chi connectivity index (χ3v) is 5.97. The molecule has 1 saturated heterocycles. The molecule has 0 aliphatic carbocycles. The Balaban J connectivity index is 1.73. The first-order chi connectivity index (χ1) is 16.0. The van der Waals surface area contributed by atoms with Gasteiger partial charge in [0.25, 0.3) is 0 Å². The zero-order valence-corrected chi connectivity index (χ0v) is 19.1. The van der Waals surface area contributed by atoms with Gasteiger partial charge < -0.3 is 39.8 Å². The van der Waals surface area contributed by atoms with Gasteiger partial charge in [0.1, 0.15) is 41.4 Å². The van der Waals surface area contributed by atoms with Crippen LogP contribution in [0, 0.1) is 11.8 Å². The van der Waals surface area contributed by atoms with Crippen molar-refractivity contribution in [3.05, 3.63) is 47.9 Å². The number of aliphatic hydroxyl groups excluding tert-OH is 1. The summed E-state index contributed by atoms with van der Waals surface area (Å²) in [5, 5.41) is 22.0. The lowest BCUT2D eigenvalue weighted by Crippen LogP contribution is -2.44. The molecule has 13 heteroatoms. The normalized spacial score (nSPS) is 24.7. The van der Waals surface area contributed by atoms with E-state index in [0.717, 1.165) is 0 Å². The minimum absolute atomic E-state index is 0.155. The fourth-order valence-corrected chi connectivity index (χ4v) is 4.09. The highest BCUT2D eigenvalue weighted by Gasteiger charge is 2.54. The molecule has 0 radical (unpaired) electrons. The van der Waals surface area contributed by atoms with E-state index in [1.807, 2.05) is 0 Å². The summed E-state index contributed by atoms with van der Waals surface area (Å²) < 4.78 is 27.9. The van der Waals surface area contributed by atoms with Gasteiger partial charge in [-0.1, -0.05) is 11.8 Å². The van der Waals surface area contributed by atoms with Crippen LogP contribution in [0.4, 0.5) is 5.82 Å². The number of anilines is 1. The first-order valence-electron chi connectivity index (χ1n) is 10.0. The standard InChI is InChI=1S/C21H23N4O8P/c1-21(27)17(26)15(10-32-34(28,29)30)33-20(21)25-9-13(16-18(22)23-11-24-19(16)25)6-3-12-4-7-14(31-2)8-5-12/h4-5,7-9,11,15,17,20,26-27H,10H2,1-2H3,(H2,22,23,24)(H2,28,29,30). The molecule has 0 saturated carbocycles. The highest BCUT2D eigenvalue weighted by molar-refractivity contribution is 7.46. The number of hydrogen-bond acceptors (Lipinski definition) is 9. The van der Waals surface area contributed by atoms with Crippen LogP contribution in [0.15, 0.2) is 36.8 Å². The van der Waals surface area contributed by atoms with Crippen LogP contribution in [0.3, 0.4) is 0 Å². The van der Waals surface area contributed by atoms with Gasteiger partial charge in [-0.2, -0.15) is 0 Å². The fourth-order valence-electron chi connectivity index (χ4n) is 3.74. The predicted molar refractivity (Wildman–Crippen MR) is 119 cm³/mol. The van der Waals surface area contributed by atoms with E-state index in [1.54, 1.807) is 37.6 Å². The van der Waals surface area contributed by atoms with Crippen LogP contribution in [0.5, 0.6) is 5.75 Å². The van der Waals surface area contributed by atoms with E-state index in [2.05, 4.69) is 26.3 Å². The lowest BCUT2D eigenvalue weighted by atomic mass is 9.96. The molecule has 4 rings (SSSR count). The topological polar surface area (TPSA) is 182 Å². The van der Waals surface area contributed by atoms with Gasteiger partial charge in [0.05, 0.1) is 24.7 Å². The van der Waals surface area contributed by atoms with Gasteiger partial charge in [0.2, 0.25) is 0 Å². The molecular formula is C21H23N4O8P. The second-order valence-electron chi connectivity index (χ2n) is 7.87. The first-order valence-corrected chi connectivity index (χ1v) is 11.6. The molecule has 3 heterocycles. The zero-order valence-electron chi connectivity index (χ0n) is 18.2. The van der Waals surface area contributed by atoms with Crippen LogP contribution in [-0.2, 0) is 13.8 Å². The molecule has 34 heavy (non-hydrogen) atoms. The number of benzene rings is 1. The number of nitrogen functional groups attached to an aromatic ring is 1. The maximum absolute atomic E-state index is 11.1. The van der Waals surface area contributed by atoms with Gasteiger partial charge in [-0.05, 0) is 31.2 Å². The second kappa shape index (κ2) is 8.98. The van der Waals surface area contributed by atoms with Crippen molar-refractivity contribution < 1.29 is 38.6 Å². The summed E-state index contributed by atoms with van der Waals surface area (Å²) in [4.78, 5) is 26.2. The Hall–Kier alpha value is -3.01. The summed E-state index contributed by atoms with van der Waals surface area (Å²) in [5.41, 5.74) is 5.68. The van der Waals surface area contributed by atoms with E-state index in [-0.39, 0.29) is 5.82 Å². The Morgan fingerprint density at radius 2 is 1.97 bits per heavy atom. The lowest BCUT2D eigenvalue weighted by molar-refractivity contribution is -0.0947. The van der Waals surface area contributed by atoms with Crippen LogP contribution in [0.2, 0.25) is 0 Å². The van der Waals surface area contributed by atoms with Gasteiger partial charge in [-0.25, -0.2) is 14.5 Å². The van der Waals surface area contributed by atoms with E-state index in [1.165, 1.54) is 17.8 Å². The zero-order chi connectivity index (χ0) is 24.7. The number of nitrogens with two attached hydrogens (primary N) is 1. The number of nitrogens with zero attached hydrogens (tertiary/aromatic N) is 3. The number of phosphoric ester groups is 1. The van der Waals surface area contributed by atoms with Crippen molar-refractivity contribution >= 4 is 24.7 Å². The SMILES string of the molecule is COc1ccc(C#Cc2cn(C3OC(COP(=O)(O)O)C(O)C3(C)O)c3ncnc(N)c23)cc1. The Kier molecular flexibility index (Phi) is 6.37. The largest absolute Gasteiger partial charge is 0.497 e. The van der Waals surface area contributed by atoms with Crippen molar-refractivity contribution in [2.45, 2.75) is 31.0 Å². The van der Waals surface area contributed by atoms with Crippen molar-refractivity contribution in [2.75, 3.05) is 19.5 Å². The minimum atomic E-state index is -4.81. The van der Waals surface area contributed by atoms with Crippen LogP contribution >= 0.6 is 7.82 Å². The van der Waals surface area contributed by atoms with Gasteiger partial charge in [0.15, 0.2) is 6.23 Å². The van der Waals surface area contributed by atoms with Crippen molar-refractivity contribution in [1.29, 1.82) is 0 Å². The summed E-state index contributed by atoms with van der Waals surface area (Å²) in [6.07, 6.45) is -1.14. The second-order valence-corrected chi connectivity index (χ2v) is 9.11. The van der Waals surface area contributed by atoms with Gasteiger partial charge in [0, 0.05) is 11.8 Å². The molecule has 12 nitrogen and oxygen atoms in total. The molecule has 4 atom stereocenters.